The van der Waals surface area contributed by atoms with Crippen LogP contribution in [0.15, 0.2) is 0 Å². The predicted molar refractivity (Wildman–Crippen MR) is 140 cm³/mol. The van der Waals surface area contributed by atoms with Crippen molar-refractivity contribution >= 4 is 29.7 Å². The molecule has 9 heteroatoms. The van der Waals surface area contributed by atoms with E-state index in [1.54, 1.807) is 30.5 Å². The van der Waals surface area contributed by atoms with Crippen molar-refractivity contribution < 1.29 is 19.1 Å². The molecule has 0 spiro atoms. The van der Waals surface area contributed by atoms with Crippen molar-refractivity contribution in [1.82, 2.24) is 15.5 Å². The average molecular weight is 511 g/mol. The molecule has 8 nitrogen and oxygen atoms in total. The van der Waals surface area contributed by atoms with E-state index in [-0.39, 0.29) is 24.0 Å². The van der Waals surface area contributed by atoms with Crippen LogP contribution in [0.5, 0.6) is 0 Å². The molecule has 3 amide bonds. The number of hydrogen-bond donors (Lipinski definition) is 3. The molecule has 1 aliphatic heterocycles. The standard InChI is InChI=1S/C26H46N4O4S/c1-17(2)34-25(33)29-22(26(3,4)35-20-12-8-9-13-20)24(32)30-16-19(27)14-21(30)23(31)28-15-18-10-6-5-7-11-18/h17-22H,5-16,27H2,1-4H3,(H,28,31)(H,29,33)/t19-,21+,22+/m1/s1. The molecule has 0 aromatic rings. The molecule has 0 radical (unpaired) electrons. The van der Waals surface area contributed by atoms with Crippen molar-refractivity contribution in [3.8, 4) is 0 Å². The van der Waals surface area contributed by atoms with Crippen LogP contribution < -0.4 is 16.4 Å². The second-order valence-electron chi connectivity index (χ2n) is 11.4. The number of amides is 3. The van der Waals surface area contributed by atoms with Gasteiger partial charge < -0.3 is 26.0 Å². The molecule has 3 rings (SSSR count). The van der Waals surface area contributed by atoms with E-state index in [4.69, 9.17) is 10.5 Å². The van der Waals surface area contributed by atoms with Crippen LogP contribution >= 0.6 is 11.8 Å². The third-order valence-electron chi connectivity index (χ3n) is 7.53. The molecular formula is C26H46N4O4S. The van der Waals surface area contributed by atoms with Crippen LogP contribution in [-0.2, 0) is 14.3 Å². The molecule has 0 bridgehead atoms. The molecule has 1 heterocycles. The summed E-state index contributed by atoms with van der Waals surface area (Å²) in [6.07, 6.45) is 10.1. The third-order valence-corrected chi connectivity index (χ3v) is 9.18. The van der Waals surface area contributed by atoms with E-state index in [1.807, 2.05) is 13.8 Å². The monoisotopic (exact) mass is 510 g/mol. The highest BCUT2D eigenvalue weighted by Gasteiger charge is 2.46. The van der Waals surface area contributed by atoms with Crippen molar-refractivity contribution in [2.45, 2.75) is 126 Å². The van der Waals surface area contributed by atoms with E-state index in [0.717, 1.165) is 25.7 Å². The van der Waals surface area contributed by atoms with Gasteiger partial charge in [0.15, 0.2) is 0 Å². The van der Waals surface area contributed by atoms with Gasteiger partial charge in [0.25, 0.3) is 0 Å². The van der Waals surface area contributed by atoms with Gasteiger partial charge in [0.1, 0.15) is 12.1 Å². The Labute approximate surface area is 215 Å². The molecule has 3 aliphatic rings. The smallest absolute Gasteiger partial charge is 0.408 e. The zero-order chi connectivity index (χ0) is 25.6. The van der Waals surface area contributed by atoms with Gasteiger partial charge in [-0.25, -0.2) is 4.79 Å². The van der Waals surface area contributed by atoms with Crippen LogP contribution in [0.3, 0.4) is 0 Å². The number of thioether (sulfide) groups is 1. The van der Waals surface area contributed by atoms with Gasteiger partial charge in [0.05, 0.1) is 6.10 Å². The zero-order valence-electron chi connectivity index (χ0n) is 22.0. The molecule has 200 valence electrons. The SMILES string of the molecule is CC(C)OC(=O)N[C@@H](C(=O)N1C[C@H](N)C[C@H]1C(=O)NCC1CCCCC1)C(C)(C)SC1CCCC1. The van der Waals surface area contributed by atoms with Gasteiger partial charge in [0.2, 0.25) is 11.8 Å². The minimum Gasteiger partial charge on any atom is -0.447 e. The second-order valence-corrected chi connectivity index (χ2v) is 13.4. The number of likely N-dealkylation sites (tertiary alicyclic amines) is 1. The van der Waals surface area contributed by atoms with Gasteiger partial charge in [-0.3, -0.25) is 9.59 Å². The minimum atomic E-state index is -0.821. The summed E-state index contributed by atoms with van der Waals surface area (Å²) < 4.78 is 4.75. The quantitative estimate of drug-likeness (QED) is 0.437. The number of hydrogen-bond acceptors (Lipinski definition) is 6. The van der Waals surface area contributed by atoms with Gasteiger partial charge in [-0.05, 0) is 65.7 Å². The first-order chi connectivity index (χ1) is 16.6. The van der Waals surface area contributed by atoms with Crippen LogP contribution in [0.25, 0.3) is 0 Å². The number of nitrogens with one attached hydrogen (secondary N) is 2. The Morgan fingerprint density at radius 1 is 1.06 bits per heavy atom. The summed E-state index contributed by atoms with van der Waals surface area (Å²) in [6, 6.07) is -1.70. The lowest BCUT2D eigenvalue weighted by atomic mass is 9.89. The third kappa shape index (κ3) is 8.00. The lowest BCUT2D eigenvalue weighted by Gasteiger charge is -2.38. The maximum absolute atomic E-state index is 14.0. The Kier molecular flexibility index (Phi) is 10.2. The summed E-state index contributed by atoms with van der Waals surface area (Å²) >= 11 is 1.76. The molecule has 1 saturated heterocycles. The van der Waals surface area contributed by atoms with E-state index < -0.39 is 22.9 Å². The largest absolute Gasteiger partial charge is 0.447 e. The van der Waals surface area contributed by atoms with E-state index in [9.17, 15) is 14.4 Å². The summed E-state index contributed by atoms with van der Waals surface area (Å²) in [6.45, 7) is 8.52. The fraction of sp³-hybridized carbons (Fsp3) is 0.885. The van der Waals surface area contributed by atoms with Crippen LogP contribution in [0, 0.1) is 5.92 Å². The maximum atomic E-state index is 14.0. The summed E-state index contributed by atoms with van der Waals surface area (Å²) in [7, 11) is 0. The fourth-order valence-electron chi connectivity index (χ4n) is 5.68. The molecule has 2 saturated carbocycles. The van der Waals surface area contributed by atoms with E-state index in [0.29, 0.717) is 30.7 Å². The van der Waals surface area contributed by atoms with E-state index >= 15 is 0 Å². The van der Waals surface area contributed by atoms with Crippen molar-refractivity contribution in [3.63, 3.8) is 0 Å². The second kappa shape index (κ2) is 12.7. The first-order valence-electron chi connectivity index (χ1n) is 13.6. The minimum absolute atomic E-state index is 0.137. The van der Waals surface area contributed by atoms with E-state index in [2.05, 4.69) is 10.6 Å². The lowest BCUT2D eigenvalue weighted by molar-refractivity contribution is -0.140. The van der Waals surface area contributed by atoms with Crippen molar-refractivity contribution in [1.29, 1.82) is 0 Å². The Morgan fingerprint density at radius 2 is 1.69 bits per heavy atom. The molecule has 0 unspecified atom stereocenters. The molecule has 0 aromatic heterocycles. The topological polar surface area (TPSA) is 114 Å². The number of carbonyl (C=O) groups is 3. The van der Waals surface area contributed by atoms with E-state index in [1.165, 1.54) is 32.1 Å². The molecule has 2 aliphatic carbocycles. The Hall–Kier alpha value is -1.48. The highest BCUT2D eigenvalue weighted by atomic mass is 32.2. The fourth-order valence-corrected chi connectivity index (χ4v) is 7.41. The first kappa shape index (κ1) is 28.1. The van der Waals surface area contributed by atoms with Gasteiger partial charge in [0, 0.05) is 29.1 Å². The highest BCUT2D eigenvalue weighted by Crippen LogP contribution is 2.40. The Morgan fingerprint density at radius 3 is 2.31 bits per heavy atom. The van der Waals surface area contributed by atoms with Crippen LogP contribution in [-0.4, -0.2) is 70.1 Å². The highest BCUT2D eigenvalue weighted by molar-refractivity contribution is 8.01. The Balaban J connectivity index is 1.73. The number of ether oxygens (including phenoxy) is 1. The predicted octanol–water partition coefficient (Wildman–Crippen LogP) is 3.57. The molecule has 35 heavy (non-hydrogen) atoms. The lowest BCUT2D eigenvalue weighted by Crippen LogP contribution is -2.60. The molecule has 3 atom stereocenters. The zero-order valence-corrected chi connectivity index (χ0v) is 22.8. The van der Waals surface area contributed by atoms with Crippen molar-refractivity contribution in [2.75, 3.05) is 13.1 Å². The number of nitrogens with zero attached hydrogens (tertiary/aromatic N) is 1. The first-order valence-corrected chi connectivity index (χ1v) is 14.4. The maximum Gasteiger partial charge on any atom is 0.408 e. The van der Waals surface area contributed by atoms with Gasteiger partial charge in [-0.2, -0.15) is 0 Å². The van der Waals surface area contributed by atoms with Crippen molar-refractivity contribution in [2.24, 2.45) is 11.7 Å². The summed E-state index contributed by atoms with van der Waals surface area (Å²) in [5.74, 6) is 0.113. The number of nitrogens with two attached hydrogens (primary N) is 1. The summed E-state index contributed by atoms with van der Waals surface area (Å²) in [5.41, 5.74) is 6.25. The van der Waals surface area contributed by atoms with Gasteiger partial charge >= 0.3 is 6.09 Å². The van der Waals surface area contributed by atoms with Gasteiger partial charge in [-0.15, -0.1) is 11.8 Å². The molecule has 0 aromatic carbocycles. The van der Waals surface area contributed by atoms with Gasteiger partial charge in [-0.1, -0.05) is 32.1 Å². The normalized spacial score (nSPS) is 25.0. The molecular weight excluding hydrogens is 464 g/mol. The van der Waals surface area contributed by atoms with Crippen molar-refractivity contribution in [3.05, 3.63) is 0 Å². The number of rotatable bonds is 9. The summed E-state index contributed by atoms with van der Waals surface area (Å²) in [5, 5.41) is 6.41. The number of carbonyl (C=O) groups excluding carboxylic acids is 3. The Bertz CT molecular complexity index is 735. The van der Waals surface area contributed by atoms with Crippen LogP contribution in [0.2, 0.25) is 0 Å². The van der Waals surface area contributed by atoms with Crippen LogP contribution in [0.1, 0.15) is 91.9 Å². The number of alkyl carbamates (subject to hydrolysis) is 1. The van der Waals surface area contributed by atoms with Crippen LogP contribution in [0.4, 0.5) is 4.79 Å². The molecule has 4 N–H and O–H groups in total. The summed E-state index contributed by atoms with van der Waals surface area (Å²) in [4.78, 5) is 41.4. The molecule has 3 fully saturated rings. The average Bonchev–Trinajstić information content (AvgIpc) is 3.44.